The third-order valence-corrected chi connectivity index (χ3v) is 17.2. The Morgan fingerprint density at radius 3 is 0.800 bits per heavy atom. The number of esters is 4. The van der Waals surface area contributed by atoms with Crippen molar-refractivity contribution in [2.75, 3.05) is 39.6 Å². The lowest BCUT2D eigenvalue weighted by Gasteiger charge is -2.21. The van der Waals surface area contributed by atoms with Gasteiger partial charge in [-0.05, 0) is 31.6 Å². The van der Waals surface area contributed by atoms with E-state index in [0.717, 1.165) is 121 Å². The number of phosphoric acid groups is 2. The van der Waals surface area contributed by atoms with Gasteiger partial charge in [0.2, 0.25) is 0 Å². The van der Waals surface area contributed by atoms with Crippen molar-refractivity contribution in [1.82, 2.24) is 0 Å². The van der Waals surface area contributed by atoms with E-state index in [1.807, 2.05) is 0 Å². The van der Waals surface area contributed by atoms with Crippen LogP contribution in [0.2, 0.25) is 0 Å². The molecule has 0 aromatic heterocycles. The molecule has 0 aliphatic carbocycles. The fourth-order valence-corrected chi connectivity index (χ4v) is 11.5. The predicted octanol–water partition coefficient (Wildman–Crippen LogP) is 18.6. The Bertz CT molecular complexity index is 1650. The van der Waals surface area contributed by atoms with Crippen molar-refractivity contribution in [3.8, 4) is 0 Å². The van der Waals surface area contributed by atoms with Gasteiger partial charge in [-0.1, -0.05) is 285 Å². The molecule has 0 rings (SSSR count). The van der Waals surface area contributed by atoms with Crippen LogP contribution in [-0.4, -0.2) is 96.7 Å². The number of unbranched alkanes of at least 4 members (excludes halogenated alkanes) is 38. The number of carbonyl (C=O) groups excluding carboxylic acids is 4. The molecular formula is C66H128O17P2. The molecule has 0 aliphatic heterocycles. The average molecular weight is 1260 g/mol. The number of phosphoric ester groups is 2. The zero-order chi connectivity index (χ0) is 62.8. The molecule has 0 aromatic rings. The van der Waals surface area contributed by atoms with E-state index in [2.05, 4.69) is 34.6 Å². The number of hydrogen-bond acceptors (Lipinski definition) is 15. The summed E-state index contributed by atoms with van der Waals surface area (Å²) in [5.41, 5.74) is 0. The maximum atomic E-state index is 13.0. The van der Waals surface area contributed by atoms with Crippen LogP contribution in [0.1, 0.15) is 336 Å². The first kappa shape index (κ1) is 83.1. The van der Waals surface area contributed by atoms with Crippen LogP contribution in [0.25, 0.3) is 0 Å². The van der Waals surface area contributed by atoms with Gasteiger partial charge in [-0.25, -0.2) is 9.13 Å². The molecule has 0 radical (unpaired) electrons. The third-order valence-electron chi connectivity index (χ3n) is 15.3. The first-order chi connectivity index (χ1) is 41.0. The average Bonchev–Trinajstić information content (AvgIpc) is 3.49. The fraction of sp³-hybridized carbons (Fsp3) is 0.939. The van der Waals surface area contributed by atoms with Crippen LogP contribution in [0.15, 0.2) is 0 Å². The van der Waals surface area contributed by atoms with Gasteiger partial charge in [0.1, 0.15) is 19.3 Å². The summed E-state index contributed by atoms with van der Waals surface area (Å²) in [7, 11) is -9.88. The maximum absolute atomic E-state index is 13.0. The van der Waals surface area contributed by atoms with Crippen LogP contribution in [0, 0.1) is 5.92 Å². The van der Waals surface area contributed by atoms with Gasteiger partial charge in [0.25, 0.3) is 0 Å². The van der Waals surface area contributed by atoms with Crippen LogP contribution in [0.3, 0.4) is 0 Å². The van der Waals surface area contributed by atoms with Gasteiger partial charge in [-0.3, -0.25) is 37.3 Å². The lowest BCUT2D eigenvalue weighted by Crippen LogP contribution is -2.30. The number of ether oxygens (including phenoxy) is 4. The molecule has 0 aliphatic rings. The number of rotatable bonds is 66. The molecule has 0 saturated carbocycles. The van der Waals surface area contributed by atoms with E-state index in [9.17, 15) is 43.2 Å². The van der Waals surface area contributed by atoms with Crippen molar-refractivity contribution in [3.63, 3.8) is 0 Å². The molecule has 19 heteroatoms. The molecule has 3 N–H and O–H groups in total. The largest absolute Gasteiger partial charge is 0.472 e. The standard InChI is InChI=1S/C66H128O17P2/c1-6-9-12-15-18-19-31-36-40-45-50-64(69)77-56-62(83-66(71)52-47-42-37-32-29-27-25-23-21-20-22-24-26-28-30-35-38-43-48-59(4)5)58-81-85(74,75)79-54-60(67)53-78-84(72,73)80-57-61(82-65(70)51-46-41-34-17-14-11-8-3)55-76-63(68)49-44-39-33-16-13-10-7-2/h59-62,67H,6-58H2,1-5H3,(H,72,73)(H,74,75)/t60-,61+,62+/m0/s1. The highest BCUT2D eigenvalue weighted by Gasteiger charge is 2.30. The molecule has 0 aromatic carbocycles. The van der Waals surface area contributed by atoms with Gasteiger partial charge in [-0.15, -0.1) is 0 Å². The molecule has 0 spiro atoms. The van der Waals surface area contributed by atoms with Crippen LogP contribution >= 0.6 is 15.6 Å². The van der Waals surface area contributed by atoms with E-state index in [0.29, 0.717) is 25.7 Å². The molecular weight excluding hydrogens is 1130 g/mol. The van der Waals surface area contributed by atoms with E-state index in [4.69, 9.17) is 37.0 Å². The van der Waals surface area contributed by atoms with Gasteiger partial charge in [0.05, 0.1) is 26.4 Å². The van der Waals surface area contributed by atoms with E-state index in [1.54, 1.807) is 0 Å². The summed E-state index contributed by atoms with van der Waals surface area (Å²) < 4.78 is 67.8. The number of hydrogen-bond donors (Lipinski definition) is 3. The zero-order valence-corrected chi connectivity index (χ0v) is 56.5. The highest BCUT2D eigenvalue weighted by Crippen LogP contribution is 2.45. The van der Waals surface area contributed by atoms with Gasteiger partial charge in [0.15, 0.2) is 12.2 Å². The molecule has 0 heterocycles. The third kappa shape index (κ3) is 60.7. The second-order valence-corrected chi connectivity index (χ2v) is 27.2. The number of aliphatic hydroxyl groups is 1. The van der Waals surface area contributed by atoms with Gasteiger partial charge in [0, 0.05) is 25.7 Å². The van der Waals surface area contributed by atoms with Crippen molar-refractivity contribution in [2.24, 2.45) is 5.92 Å². The summed E-state index contributed by atoms with van der Waals surface area (Å²) in [6.45, 7) is 7.15. The Balaban J connectivity index is 5.07. The second kappa shape index (κ2) is 59.7. The summed E-state index contributed by atoms with van der Waals surface area (Å²) in [5, 5.41) is 10.5. The monoisotopic (exact) mass is 1250 g/mol. The molecule has 0 saturated heterocycles. The van der Waals surface area contributed by atoms with Crippen molar-refractivity contribution in [2.45, 2.75) is 355 Å². The zero-order valence-electron chi connectivity index (χ0n) is 54.7. The van der Waals surface area contributed by atoms with E-state index < -0.39 is 97.5 Å². The number of aliphatic hydroxyl groups excluding tert-OH is 1. The summed E-state index contributed by atoms with van der Waals surface area (Å²) in [6.07, 6.45) is 44.8. The van der Waals surface area contributed by atoms with Gasteiger partial charge in [-0.2, -0.15) is 0 Å². The minimum absolute atomic E-state index is 0.104. The Morgan fingerprint density at radius 2 is 0.541 bits per heavy atom. The van der Waals surface area contributed by atoms with E-state index in [-0.39, 0.29) is 25.7 Å². The lowest BCUT2D eigenvalue weighted by atomic mass is 10.0. The molecule has 85 heavy (non-hydrogen) atoms. The summed E-state index contributed by atoms with van der Waals surface area (Å²) in [6, 6.07) is 0. The molecule has 504 valence electrons. The highest BCUT2D eigenvalue weighted by molar-refractivity contribution is 7.47. The summed E-state index contributed by atoms with van der Waals surface area (Å²) in [5.74, 6) is -1.32. The first-order valence-electron chi connectivity index (χ1n) is 34.6. The fourth-order valence-electron chi connectivity index (χ4n) is 9.94. The van der Waals surface area contributed by atoms with Crippen LogP contribution < -0.4 is 0 Å². The molecule has 17 nitrogen and oxygen atoms in total. The van der Waals surface area contributed by atoms with Crippen molar-refractivity contribution >= 4 is 39.5 Å². The molecule has 0 amide bonds. The van der Waals surface area contributed by atoms with E-state index >= 15 is 0 Å². The second-order valence-electron chi connectivity index (χ2n) is 24.3. The van der Waals surface area contributed by atoms with Crippen LogP contribution in [0.5, 0.6) is 0 Å². The Kier molecular flexibility index (Phi) is 58.3. The Hall–Kier alpha value is -1.94. The number of carbonyl (C=O) groups is 4. The minimum atomic E-state index is -4.94. The first-order valence-corrected chi connectivity index (χ1v) is 37.6. The Morgan fingerprint density at radius 1 is 0.318 bits per heavy atom. The quantitative estimate of drug-likeness (QED) is 0.0222. The van der Waals surface area contributed by atoms with Gasteiger partial charge < -0.3 is 33.8 Å². The normalized spacial score (nSPS) is 14.2. The SMILES string of the molecule is CCCCCCCCCCCCC(=O)OC[C@H](COP(=O)(O)OC[C@@H](O)COP(=O)(O)OC[C@@H](COC(=O)CCCCCCCCC)OC(=O)CCCCCCCCC)OC(=O)CCCCCCCCCCCCCCCCCCCCC(C)C. The van der Waals surface area contributed by atoms with Crippen molar-refractivity contribution in [1.29, 1.82) is 0 Å². The summed E-state index contributed by atoms with van der Waals surface area (Å²) >= 11 is 0. The van der Waals surface area contributed by atoms with Gasteiger partial charge >= 0.3 is 39.5 Å². The van der Waals surface area contributed by atoms with Crippen molar-refractivity contribution < 1.29 is 80.2 Å². The molecule has 2 unspecified atom stereocenters. The minimum Gasteiger partial charge on any atom is -0.462 e. The Labute approximate surface area is 517 Å². The lowest BCUT2D eigenvalue weighted by molar-refractivity contribution is -0.161. The van der Waals surface area contributed by atoms with Crippen molar-refractivity contribution in [3.05, 3.63) is 0 Å². The predicted molar refractivity (Wildman–Crippen MR) is 340 cm³/mol. The molecule has 5 atom stereocenters. The highest BCUT2D eigenvalue weighted by atomic mass is 31.2. The topological polar surface area (TPSA) is 237 Å². The van der Waals surface area contributed by atoms with Crippen LogP contribution in [0.4, 0.5) is 0 Å². The summed E-state index contributed by atoms with van der Waals surface area (Å²) in [4.78, 5) is 72.0. The smallest absolute Gasteiger partial charge is 0.462 e. The van der Waals surface area contributed by atoms with Crippen LogP contribution in [-0.2, 0) is 65.4 Å². The molecule has 0 bridgehead atoms. The van der Waals surface area contributed by atoms with E-state index in [1.165, 1.54) is 135 Å². The molecule has 0 fully saturated rings. The maximum Gasteiger partial charge on any atom is 0.472 e.